The summed E-state index contributed by atoms with van der Waals surface area (Å²) in [6.07, 6.45) is -0.719. The van der Waals surface area contributed by atoms with Crippen LogP contribution >= 0.6 is 0 Å². The summed E-state index contributed by atoms with van der Waals surface area (Å²) in [5.41, 5.74) is 2.05. The minimum Gasteiger partial charge on any atom is -0.389 e. The third-order valence-electron chi connectivity index (χ3n) is 2.86. The minimum absolute atomic E-state index is 0.0153. The highest BCUT2D eigenvalue weighted by Gasteiger charge is 2.20. The van der Waals surface area contributed by atoms with E-state index >= 15 is 0 Å². The number of hydrogen-bond acceptors (Lipinski definition) is 4. The molecule has 1 atom stereocenters. The lowest BCUT2D eigenvalue weighted by Crippen LogP contribution is -2.25. The molecule has 0 aromatic heterocycles. The fourth-order valence-electron chi connectivity index (χ4n) is 1.91. The molecule has 5 nitrogen and oxygen atoms in total. The van der Waals surface area contributed by atoms with Gasteiger partial charge in [-0.3, -0.25) is 10.1 Å². The first-order chi connectivity index (χ1) is 8.86. The maximum Gasteiger partial charge on any atom is 0.292 e. The first kappa shape index (κ1) is 15.2. The van der Waals surface area contributed by atoms with Gasteiger partial charge in [0, 0.05) is 19.2 Å². The zero-order chi connectivity index (χ0) is 14.6. The maximum absolute atomic E-state index is 11.2. The molecule has 0 aliphatic carbocycles. The Kier molecular flexibility index (Phi) is 5.06. The maximum atomic E-state index is 11.2. The highest BCUT2D eigenvalue weighted by molar-refractivity contribution is 5.65. The molecule has 0 aliphatic heterocycles. The van der Waals surface area contributed by atoms with E-state index in [9.17, 15) is 15.2 Å². The van der Waals surface area contributed by atoms with Crippen molar-refractivity contribution in [2.75, 3.05) is 18.0 Å². The van der Waals surface area contributed by atoms with Crippen LogP contribution in [0.5, 0.6) is 0 Å². The molecule has 1 N–H and O–H groups in total. The number of benzene rings is 1. The van der Waals surface area contributed by atoms with E-state index in [1.807, 2.05) is 18.7 Å². The molecule has 0 spiro atoms. The van der Waals surface area contributed by atoms with Gasteiger partial charge in [0.1, 0.15) is 5.69 Å². The normalized spacial score (nSPS) is 12.0. The summed E-state index contributed by atoms with van der Waals surface area (Å²) in [6.45, 7) is 10.5. The Morgan fingerprint density at radius 3 is 2.63 bits per heavy atom. The number of likely N-dealkylation sites (N-methyl/N-ethyl adjacent to an activating group) is 1. The second-order valence-electron chi connectivity index (χ2n) is 4.65. The molecular weight excluding hydrogens is 244 g/mol. The van der Waals surface area contributed by atoms with Gasteiger partial charge in [0.25, 0.3) is 5.69 Å². The standard InChI is InChI=1S/C14H20N2O3/c1-5-15(9-10(2)3)13-7-6-12(11(4)17)8-14(13)16(18)19/h6-8,11,17H,2,5,9H2,1,3-4H3. The topological polar surface area (TPSA) is 66.6 Å². The third kappa shape index (κ3) is 3.79. The van der Waals surface area contributed by atoms with Gasteiger partial charge in [-0.05, 0) is 32.4 Å². The van der Waals surface area contributed by atoms with Crippen LogP contribution in [0.15, 0.2) is 30.4 Å². The van der Waals surface area contributed by atoms with Crippen molar-refractivity contribution in [2.45, 2.75) is 26.9 Å². The average Bonchev–Trinajstić information content (AvgIpc) is 2.34. The van der Waals surface area contributed by atoms with Crippen LogP contribution in [-0.4, -0.2) is 23.1 Å². The summed E-state index contributed by atoms with van der Waals surface area (Å²) in [5, 5.41) is 20.7. The van der Waals surface area contributed by atoms with Crippen molar-refractivity contribution < 1.29 is 10.0 Å². The number of nitrogens with zero attached hydrogens (tertiary/aromatic N) is 2. The predicted molar refractivity (Wildman–Crippen MR) is 76.4 cm³/mol. The summed E-state index contributed by atoms with van der Waals surface area (Å²) in [7, 11) is 0. The summed E-state index contributed by atoms with van der Waals surface area (Å²) in [5.74, 6) is 0. The summed E-state index contributed by atoms with van der Waals surface area (Å²) < 4.78 is 0. The molecular formula is C14H20N2O3. The number of nitro benzene ring substituents is 1. The quantitative estimate of drug-likeness (QED) is 0.487. The van der Waals surface area contributed by atoms with Crippen molar-refractivity contribution >= 4 is 11.4 Å². The highest BCUT2D eigenvalue weighted by Crippen LogP contribution is 2.31. The van der Waals surface area contributed by atoms with E-state index in [0.717, 1.165) is 5.57 Å². The molecule has 104 valence electrons. The van der Waals surface area contributed by atoms with E-state index in [4.69, 9.17) is 0 Å². The van der Waals surface area contributed by atoms with Crippen molar-refractivity contribution in [1.29, 1.82) is 0 Å². The fourth-order valence-corrected chi connectivity index (χ4v) is 1.91. The molecule has 0 radical (unpaired) electrons. The Balaban J connectivity index is 3.25. The molecule has 1 rings (SSSR count). The van der Waals surface area contributed by atoms with Crippen LogP contribution in [0.4, 0.5) is 11.4 Å². The van der Waals surface area contributed by atoms with E-state index in [1.54, 1.807) is 19.1 Å². The fraction of sp³-hybridized carbons (Fsp3) is 0.429. The van der Waals surface area contributed by atoms with Crippen molar-refractivity contribution in [3.05, 3.63) is 46.0 Å². The lowest BCUT2D eigenvalue weighted by molar-refractivity contribution is -0.384. The molecule has 19 heavy (non-hydrogen) atoms. The second kappa shape index (κ2) is 6.33. The average molecular weight is 264 g/mol. The van der Waals surface area contributed by atoms with E-state index in [-0.39, 0.29) is 5.69 Å². The van der Waals surface area contributed by atoms with Crippen molar-refractivity contribution in [3.63, 3.8) is 0 Å². The van der Waals surface area contributed by atoms with E-state index in [2.05, 4.69) is 6.58 Å². The van der Waals surface area contributed by atoms with Crippen LogP contribution in [0, 0.1) is 10.1 Å². The molecule has 5 heteroatoms. The van der Waals surface area contributed by atoms with Crippen molar-refractivity contribution in [3.8, 4) is 0 Å². The molecule has 0 bridgehead atoms. The van der Waals surface area contributed by atoms with Gasteiger partial charge in [0.15, 0.2) is 0 Å². The van der Waals surface area contributed by atoms with Gasteiger partial charge in [0.2, 0.25) is 0 Å². The molecule has 0 fully saturated rings. The monoisotopic (exact) mass is 264 g/mol. The Morgan fingerprint density at radius 1 is 1.58 bits per heavy atom. The number of rotatable bonds is 6. The zero-order valence-electron chi connectivity index (χ0n) is 11.6. The Hall–Kier alpha value is -1.88. The van der Waals surface area contributed by atoms with Gasteiger partial charge in [-0.15, -0.1) is 0 Å². The Bertz CT molecular complexity index is 484. The lowest BCUT2D eigenvalue weighted by Gasteiger charge is -2.23. The van der Waals surface area contributed by atoms with Crippen LogP contribution in [0.3, 0.4) is 0 Å². The van der Waals surface area contributed by atoms with Crippen LogP contribution < -0.4 is 4.90 Å². The van der Waals surface area contributed by atoms with Gasteiger partial charge in [-0.25, -0.2) is 0 Å². The molecule has 0 heterocycles. The van der Waals surface area contributed by atoms with Crippen LogP contribution in [0.25, 0.3) is 0 Å². The zero-order valence-corrected chi connectivity index (χ0v) is 11.6. The lowest BCUT2D eigenvalue weighted by atomic mass is 10.1. The molecule has 0 saturated carbocycles. The number of anilines is 1. The molecule has 0 amide bonds. The van der Waals surface area contributed by atoms with Gasteiger partial charge >= 0.3 is 0 Å². The molecule has 0 saturated heterocycles. The number of hydrogen-bond donors (Lipinski definition) is 1. The summed E-state index contributed by atoms with van der Waals surface area (Å²) in [4.78, 5) is 12.7. The SMILES string of the molecule is C=C(C)CN(CC)c1ccc(C(C)O)cc1[N+](=O)[O-]. The van der Waals surface area contributed by atoms with Gasteiger partial charge < -0.3 is 10.0 Å². The molecule has 0 aliphatic rings. The van der Waals surface area contributed by atoms with Crippen molar-refractivity contribution in [1.82, 2.24) is 0 Å². The number of nitro groups is 1. The van der Waals surface area contributed by atoms with E-state index < -0.39 is 11.0 Å². The van der Waals surface area contributed by atoms with Crippen molar-refractivity contribution in [2.24, 2.45) is 0 Å². The first-order valence-electron chi connectivity index (χ1n) is 6.22. The minimum atomic E-state index is -0.719. The van der Waals surface area contributed by atoms with Gasteiger partial charge in [-0.1, -0.05) is 18.2 Å². The summed E-state index contributed by atoms with van der Waals surface area (Å²) in [6, 6.07) is 4.84. The van der Waals surface area contributed by atoms with E-state index in [0.29, 0.717) is 24.3 Å². The largest absolute Gasteiger partial charge is 0.389 e. The Morgan fingerprint density at radius 2 is 2.21 bits per heavy atom. The molecule has 1 aromatic carbocycles. The van der Waals surface area contributed by atoms with Crippen LogP contribution in [0.1, 0.15) is 32.4 Å². The highest BCUT2D eigenvalue weighted by atomic mass is 16.6. The number of aliphatic hydroxyl groups excluding tert-OH is 1. The number of aliphatic hydroxyl groups is 1. The third-order valence-corrected chi connectivity index (χ3v) is 2.86. The molecule has 1 aromatic rings. The molecule has 1 unspecified atom stereocenters. The second-order valence-corrected chi connectivity index (χ2v) is 4.65. The van der Waals surface area contributed by atoms with E-state index in [1.165, 1.54) is 6.07 Å². The summed E-state index contributed by atoms with van der Waals surface area (Å²) >= 11 is 0. The smallest absolute Gasteiger partial charge is 0.292 e. The van der Waals surface area contributed by atoms with Crippen LogP contribution in [-0.2, 0) is 0 Å². The van der Waals surface area contributed by atoms with Crippen LogP contribution in [0.2, 0.25) is 0 Å². The van der Waals surface area contributed by atoms with Gasteiger partial charge in [0.05, 0.1) is 11.0 Å². The van der Waals surface area contributed by atoms with Gasteiger partial charge in [-0.2, -0.15) is 0 Å². The predicted octanol–water partition coefficient (Wildman–Crippen LogP) is 3.05. The Labute approximate surface area is 113 Å². The first-order valence-corrected chi connectivity index (χ1v) is 6.22.